The van der Waals surface area contributed by atoms with E-state index in [1.807, 2.05) is 10.8 Å². The standard InChI is InChI=1S/C15H16ClFN2O2S/c1-9(12-3-2-11(17)6-13(12)16)19-15(21)18-7-14(20)10-4-5-22-8-10/h2-6,8-9,14,20H,7H2,1H3,(H2,18,19,21). The van der Waals surface area contributed by atoms with Crippen molar-refractivity contribution in [3.63, 3.8) is 0 Å². The Labute approximate surface area is 136 Å². The Morgan fingerprint density at radius 2 is 2.23 bits per heavy atom. The van der Waals surface area contributed by atoms with Gasteiger partial charge in [-0.15, -0.1) is 0 Å². The first kappa shape index (κ1) is 16.7. The first-order chi connectivity index (χ1) is 10.5. The monoisotopic (exact) mass is 342 g/mol. The summed E-state index contributed by atoms with van der Waals surface area (Å²) in [6.07, 6.45) is -0.748. The molecular formula is C15H16ClFN2O2S. The second-order valence-electron chi connectivity index (χ2n) is 4.81. The van der Waals surface area contributed by atoms with Crippen LogP contribution in [0.4, 0.5) is 9.18 Å². The fourth-order valence-corrected chi connectivity index (χ4v) is 2.99. The van der Waals surface area contributed by atoms with Gasteiger partial charge in [-0.25, -0.2) is 9.18 Å². The summed E-state index contributed by atoms with van der Waals surface area (Å²) >= 11 is 7.43. The van der Waals surface area contributed by atoms with Gasteiger partial charge in [0.25, 0.3) is 0 Å². The van der Waals surface area contributed by atoms with Crippen LogP contribution in [0.15, 0.2) is 35.0 Å². The Balaban J connectivity index is 1.86. The van der Waals surface area contributed by atoms with E-state index in [0.717, 1.165) is 5.56 Å². The van der Waals surface area contributed by atoms with Gasteiger partial charge < -0.3 is 15.7 Å². The minimum absolute atomic E-state index is 0.104. The van der Waals surface area contributed by atoms with E-state index in [0.29, 0.717) is 5.56 Å². The molecule has 0 aliphatic heterocycles. The normalized spacial score (nSPS) is 13.5. The summed E-state index contributed by atoms with van der Waals surface area (Å²) in [6, 6.07) is 5.01. The number of benzene rings is 1. The van der Waals surface area contributed by atoms with Crippen molar-refractivity contribution in [1.82, 2.24) is 10.6 Å². The largest absolute Gasteiger partial charge is 0.387 e. The maximum Gasteiger partial charge on any atom is 0.315 e. The Bertz CT molecular complexity index is 636. The molecule has 0 saturated carbocycles. The first-order valence-corrected chi connectivity index (χ1v) is 7.99. The van der Waals surface area contributed by atoms with Crippen molar-refractivity contribution in [3.8, 4) is 0 Å². The van der Waals surface area contributed by atoms with Crippen molar-refractivity contribution < 1.29 is 14.3 Å². The highest BCUT2D eigenvalue weighted by molar-refractivity contribution is 7.07. The Morgan fingerprint density at radius 3 is 2.86 bits per heavy atom. The number of hydrogen-bond donors (Lipinski definition) is 3. The molecule has 4 nitrogen and oxygen atoms in total. The van der Waals surface area contributed by atoms with Crippen LogP contribution in [0.25, 0.3) is 0 Å². The van der Waals surface area contributed by atoms with Crippen molar-refractivity contribution in [1.29, 1.82) is 0 Å². The summed E-state index contributed by atoms with van der Waals surface area (Å²) in [5.74, 6) is -0.427. The summed E-state index contributed by atoms with van der Waals surface area (Å²) in [5, 5.41) is 19.1. The summed E-state index contributed by atoms with van der Waals surface area (Å²) in [6.45, 7) is 1.85. The molecule has 2 unspecified atom stereocenters. The number of aliphatic hydroxyl groups excluding tert-OH is 1. The van der Waals surface area contributed by atoms with E-state index >= 15 is 0 Å². The van der Waals surface area contributed by atoms with E-state index in [9.17, 15) is 14.3 Å². The van der Waals surface area contributed by atoms with Crippen LogP contribution in [-0.2, 0) is 0 Å². The zero-order chi connectivity index (χ0) is 16.1. The summed E-state index contributed by atoms with van der Waals surface area (Å²) in [7, 11) is 0. The van der Waals surface area contributed by atoms with E-state index < -0.39 is 18.0 Å². The summed E-state index contributed by atoms with van der Waals surface area (Å²) in [4.78, 5) is 11.8. The quantitative estimate of drug-likeness (QED) is 0.777. The molecule has 2 amide bonds. The average Bonchev–Trinajstić information content (AvgIpc) is 2.98. The summed E-state index contributed by atoms with van der Waals surface area (Å²) < 4.78 is 13.0. The molecular weight excluding hydrogens is 327 g/mol. The predicted molar refractivity (Wildman–Crippen MR) is 85.6 cm³/mol. The number of hydrogen-bond acceptors (Lipinski definition) is 3. The highest BCUT2D eigenvalue weighted by Gasteiger charge is 2.14. The number of amides is 2. The number of carbonyl (C=O) groups is 1. The van der Waals surface area contributed by atoms with Gasteiger partial charge in [0, 0.05) is 11.6 Å². The molecule has 2 rings (SSSR count). The van der Waals surface area contributed by atoms with Gasteiger partial charge in [-0.2, -0.15) is 11.3 Å². The second-order valence-corrected chi connectivity index (χ2v) is 6.00. The number of aliphatic hydroxyl groups is 1. The van der Waals surface area contributed by atoms with Gasteiger partial charge in [0.15, 0.2) is 0 Å². The van der Waals surface area contributed by atoms with Crippen LogP contribution >= 0.6 is 22.9 Å². The van der Waals surface area contributed by atoms with Gasteiger partial charge in [0.05, 0.1) is 12.1 Å². The molecule has 7 heteroatoms. The SMILES string of the molecule is CC(NC(=O)NCC(O)c1ccsc1)c1ccc(F)cc1Cl. The molecule has 3 N–H and O–H groups in total. The van der Waals surface area contributed by atoms with Crippen LogP contribution in [0.2, 0.25) is 5.02 Å². The third-order valence-electron chi connectivity index (χ3n) is 3.16. The minimum atomic E-state index is -0.748. The van der Waals surface area contributed by atoms with E-state index in [1.54, 1.807) is 13.0 Å². The lowest BCUT2D eigenvalue weighted by atomic mass is 10.1. The number of thiophene rings is 1. The molecule has 22 heavy (non-hydrogen) atoms. The molecule has 1 aromatic heterocycles. The molecule has 118 valence electrons. The van der Waals surface area contributed by atoms with E-state index in [-0.39, 0.29) is 17.6 Å². The van der Waals surface area contributed by atoms with Gasteiger partial charge >= 0.3 is 6.03 Å². The first-order valence-electron chi connectivity index (χ1n) is 6.67. The molecule has 0 aliphatic rings. The van der Waals surface area contributed by atoms with Crippen LogP contribution in [-0.4, -0.2) is 17.7 Å². The fraction of sp³-hybridized carbons (Fsp3) is 0.267. The topological polar surface area (TPSA) is 61.4 Å². The highest BCUT2D eigenvalue weighted by Crippen LogP contribution is 2.23. The van der Waals surface area contributed by atoms with Crippen molar-refractivity contribution in [2.75, 3.05) is 6.54 Å². The third kappa shape index (κ3) is 4.43. The zero-order valence-electron chi connectivity index (χ0n) is 11.8. The van der Waals surface area contributed by atoms with Gasteiger partial charge in [0.2, 0.25) is 0 Å². The van der Waals surface area contributed by atoms with Crippen LogP contribution in [0.3, 0.4) is 0 Å². The highest BCUT2D eigenvalue weighted by atomic mass is 35.5. The lowest BCUT2D eigenvalue weighted by Gasteiger charge is -2.17. The van der Waals surface area contributed by atoms with Gasteiger partial charge in [-0.3, -0.25) is 0 Å². The number of carbonyl (C=O) groups excluding carboxylic acids is 1. The fourth-order valence-electron chi connectivity index (χ4n) is 1.95. The van der Waals surface area contributed by atoms with Crippen LogP contribution in [0.1, 0.15) is 30.2 Å². The molecule has 0 bridgehead atoms. The molecule has 1 aromatic carbocycles. The molecule has 0 saturated heterocycles. The summed E-state index contributed by atoms with van der Waals surface area (Å²) in [5.41, 5.74) is 1.39. The molecule has 0 aliphatic carbocycles. The molecule has 0 radical (unpaired) electrons. The number of nitrogens with one attached hydrogen (secondary N) is 2. The Hall–Kier alpha value is -1.63. The maximum atomic E-state index is 13.0. The lowest BCUT2D eigenvalue weighted by Crippen LogP contribution is -2.39. The van der Waals surface area contributed by atoms with E-state index in [1.165, 1.54) is 29.5 Å². The van der Waals surface area contributed by atoms with Crippen molar-refractivity contribution in [2.45, 2.75) is 19.1 Å². The second kappa shape index (κ2) is 7.58. The molecule has 0 spiro atoms. The smallest absolute Gasteiger partial charge is 0.315 e. The lowest BCUT2D eigenvalue weighted by molar-refractivity contribution is 0.173. The van der Waals surface area contributed by atoms with Crippen LogP contribution < -0.4 is 10.6 Å². The van der Waals surface area contributed by atoms with E-state index in [4.69, 9.17) is 11.6 Å². The molecule has 2 atom stereocenters. The van der Waals surface area contributed by atoms with Crippen LogP contribution in [0, 0.1) is 5.82 Å². The maximum absolute atomic E-state index is 13.0. The van der Waals surface area contributed by atoms with Crippen molar-refractivity contribution in [3.05, 3.63) is 57.0 Å². The third-order valence-corrected chi connectivity index (χ3v) is 4.19. The van der Waals surface area contributed by atoms with Gasteiger partial charge in [0.1, 0.15) is 5.82 Å². The molecule has 1 heterocycles. The number of halogens is 2. The predicted octanol–water partition coefficient (Wildman–Crippen LogP) is 3.63. The van der Waals surface area contributed by atoms with Crippen molar-refractivity contribution in [2.24, 2.45) is 0 Å². The van der Waals surface area contributed by atoms with Gasteiger partial charge in [-0.1, -0.05) is 17.7 Å². The minimum Gasteiger partial charge on any atom is -0.387 e. The number of rotatable bonds is 5. The number of urea groups is 1. The Kier molecular flexibility index (Phi) is 5.76. The van der Waals surface area contributed by atoms with Crippen molar-refractivity contribution >= 4 is 29.0 Å². The Morgan fingerprint density at radius 1 is 1.45 bits per heavy atom. The molecule has 2 aromatic rings. The van der Waals surface area contributed by atoms with Crippen LogP contribution in [0.5, 0.6) is 0 Å². The van der Waals surface area contributed by atoms with E-state index in [2.05, 4.69) is 10.6 Å². The zero-order valence-corrected chi connectivity index (χ0v) is 13.4. The average molecular weight is 343 g/mol. The van der Waals surface area contributed by atoms with Gasteiger partial charge in [-0.05, 0) is 47.0 Å². The molecule has 0 fully saturated rings.